The molecule has 0 rings (SSSR count). The molecule has 0 aromatic rings. The largest absolute Gasteiger partial charge is 0.437 e. The van der Waals surface area contributed by atoms with E-state index in [4.69, 9.17) is 11.8 Å². The summed E-state index contributed by atoms with van der Waals surface area (Å²) >= 11 is 0. The first-order chi connectivity index (χ1) is 15.0. The minimum absolute atomic E-state index is 0.00780. The van der Waals surface area contributed by atoms with Crippen LogP contribution in [0.2, 0.25) is 0 Å². The molecule has 0 saturated carbocycles. The van der Waals surface area contributed by atoms with Crippen molar-refractivity contribution in [3.05, 3.63) is 0 Å². The van der Waals surface area contributed by atoms with E-state index in [1.807, 2.05) is 13.6 Å². The molecule has 0 fully saturated rings. The number of rotatable bonds is 19. The minimum atomic E-state index is -1.08. The molecule has 0 aliphatic carbocycles. The standard InChI is InChI=1S/C21H42N3O4P/c1-5-8-14-20(25)23-16-10-12-19(28-29(4)27-18-22-7-3)13-11-17-24-21(26)15-9-6-2/h18-19H,5-17H2,1-4H3,(H,23,25)(H,24,26)/i1D,2D. The van der Waals surface area contributed by atoms with Crippen molar-refractivity contribution in [2.45, 2.75) is 91.0 Å². The Bertz CT molecular complexity index is 458. The highest BCUT2D eigenvalue weighted by Crippen LogP contribution is 2.36. The van der Waals surface area contributed by atoms with Crippen molar-refractivity contribution >= 4 is 26.6 Å². The lowest BCUT2D eigenvalue weighted by molar-refractivity contribution is -0.122. The molecule has 0 radical (unpaired) electrons. The van der Waals surface area contributed by atoms with Crippen molar-refractivity contribution in [2.75, 3.05) is 26.3 Å². The second-order valence-electron chi connectivity index (χ2n) is 6.78. The molecule has 1 unspecified atom stereocenters. The molecule has 2 N–H and O–H groups in total. The Morgan fingerprint density at radius 2 is 1.59 bits per heavy atom. The fourth-order valence-corrected chi connectivity index (χ4v) is 3.40. The van der Waals surface area contributed by atoms with Crippen molar-refractivity contribution in [3.8, 4) is 0 Å². The molecule has 7 nitrogen and oxygen atoms in total. The molecular formula is C21H42N3O4P. The van der Waals surface area contributed by atoms with Gasteiger partial charge in [0.25, 0.3) is 0 Å². The van der Waals surface area contributed by atoms with E-state index in [0.717, 1.165) is 51.4 Å². The third kappa shape index (κ3) is 18.6. The molecule has 1 atom stereocenters. The molecule has 170 valence electrons. The normalized spacial score (nSPS) is 13.2. The predicted molar refractivity (Wildman–Crippen MR) is 121 cm³/mol. The summed E-state index contributed by atoms with van der Waals surface area (Å²) in [6, 6.07) is 0. The van der Waals surface area contributed by atoms with Gasteiger partial charge >= 0.3 is 0 Å². The van der Waals surface area contributed by atoms with Crippen LogP contribution in [0.1, 0.15) is 87.7 Å². The van der Waals surface area contributed by atoms with Crippen molar-refractivity contribution in [3.63, 3.8) is 0 Å². The second kappa shape index (κ2) is 20.1. The van der Waals surface area contributed by atoms with Crippen molar-refractivity contribution < 1.29 is 21.4 Å². The van der Waals surface area contributed by atoms with Gasteiger partial charge in [0.15, 0.2) is 6.40 Å². The van der Waals surface area contributed by atoms with Crippen LogP contribution in [0.3, 0.4) is 0 Å². The molecule has 0 spiro atoms. The van der Waals surface area contributed by atoms with Gasteiger partial charge in [-0.2, -0.15) is 0 Å². The molecule has 0 aliphatic heterocycles. The molecule has 29 heavy (non-hydrogen) atoms. The van der Waals surface area contributed by atoms with Crippen LogP contribution in [-0.2, 0) is 18.6 Å². The van der Waals surface area contributed by atoms with E-state index in [0.29, 0.717) is 46.3 Å². The average Bonchev–Trinajstić information content (AvgIpc) is 2.74. The second-order valence-corrected chi connectivity index (χ2v) is 8.08. The van der Waals surface area contributed by atoms with Gasteiger partial charge in [0.05, 0.1) is 6.10 Å². The quantitative estimate of drug-likeness (QED) is 0.135. The van der Waals surface area contributed by atoms with Gasteiger partial charge in [-0.1, -0.05) is 26.6 Å². The van der Waals surface area contributed by atoms with Crippen LogP contribution in [0.5, 0.6) is 0 Å². The number of hydrogen-bond acceptors (Lipinski definition) is 5. The lowest BCUT2D eigenvalue weighted by atomic mass is 10.1. The molecule has 0 saturated heterocycles. The van der Waals surface area contributed by atoms with E-state index in [-0.39, 0.29) is 17.9 Å². The highest BCUT2D eigenvalue weighted by Gasteiger charge is 2.15. The maximum Gasteiger partial charge on any atom is 0.228 e. The summed E-state index contributed by atoms with van der Waals surface area (Å²) in [7, 11) is -1.08. The Hall–Kier alpha value is -1.20. The van der Waals surface area contributed by atoms with Crippen molar-refractivity contribution in [1.82, 2.24) is 10.6 Å². The number of carbonyl (C=O) groups is 2. The van der Waals surface area contributed by atoms with Gasteiger partial charge in [-0.3, -0.25) is 14.6 Å². The van der Waals surface area contributed by atoms with E-state index in [9.17, 15) is 9.59 Å². The van der Waals surface area contributed by atoms with E-state index >= 15 is 0 Å². The van der Waals surface area contributed by atoms with Gasteiger partial charge in [-0.25, -0.2) is 0 Å². The first kappa shape index (κ1) is 24.1. The van der Waals surface area contributed by atoms with Gasteiger partial charge in [-0.15, -0.1) is 0 Å². The third-order valence-electron chi connectivity index (χ3n) is 4.11. The van der Waals surface area contributed by atoms with Crippen molar-refractivity contribution in [2.24, 2.45) is 4.99 Å². The van der Waals surface area contributed by atoms with Gasteiger partial charge in [0, 0.05) is 41.9 Å². The molecule has 8 heteroatoms. The van der Waals surface area contributed by atoms with Crippen LogP contribution in [-0.4, -0.2) is 50.6 Å². The van der Waals surface area contributed by atoms with Crippen LogP contribution in [0, 0.1) is 0 Å². The summed E-state index contributed by atoms with van der Waals surface area (Å²) in [4.78, 5) is 27.6. The van der Waals surface area contributed by atoms with E-state index in [2.05, 4.69) is 15.6 Å². The number of aliphatic imine (C=N–C) groups is 1. The minimum Gasteiger partial charge on any atom is -0.437 e. The first-order valence-corrected chi connectivity index (χ1v) is 12.3. The SMILES string of the molecule is [2H]CCCCC(=O)NCCCC(CCCNC(=O)CCCC[2H])OP(C)OC=NCC. The number of hydrogen-bond donors (Lipinski definition) is 2. The van der Waals surface area contributed by atoms with Crippen molar-refractivity contribution in [1.29, 1.82) is 0 Å². The molecular weight excluding hydrogens is 389 g/mol. The van der Waals surface area contributed by atoms with Crippen LogP contribution < -0.4 is 10.6 Å². The van der Waals surface area contributed by atoms with Gasteiger partial charge < -0.3 is 19.7 Å². The van der Waals surface area contributed by atoms with Crippen LogP contribution in [0.4, 0.5) is 0 Å². The highest BCUT2D eigenvalue weighted by molar-refractivity contribution is 7.46. The molecule has 0 heterocycles. The van der Waals surface area contributed by atoms with Crippen LogP contribution in [0.15, 0.2) is 4.99 Å². The molecule has 0 aromatic carbocycles. The smallest absolute Gasteiger partial charge is 0.228 e. The van der Waals surface area contributed by atoms with Gasteiger partial charge in [0.2, 0.25) is 20.2 Å². The number of carbonyl (C=O) groups excluding carboxylic acids is 2. The molecule has 0 bridgehead atoms. The summed E-state index contributed by atoms with van der Waals surface area (Å²) in [5.41, 5.74) is 0. The molecule has 2 amide bonds. The fourth-order valence-electron chi connectivity index (χ4n) is 2.52. The van der Waals surface area contributed by atoms with E-state index < -0.39 is 8.38 Å². The van der Waals surface area contributed by atoms with E-state index in [1.165, 1.54) is 6.40 Å². The first-order valence-electron chi connectivity index (χ1n) is 12.1. The topological polar surface area (TPSA) is 89.0 Å². The maximum absolute atomic E-state index is 11.8. The summed E-state index contributed by atoms with van der Waals surface area (Å²) in [5.74, 6) is 0.0757. The number of nitrogens with zero attached hydrogens (tertiary/aromatic N) is 1. The zero-order valence-corrected chi connectivity index (χ0v) is 19.2. The number of unbranched alkanes of at least 4 members (excludes halogenated alkanes) is 2. The Kier molecular flexibility index (Phi) is 16.7. The monoisotopic (exact) mass is 433 g/mol. The Morgan fingerprint density at radius 3 is 2.07 bits per heavy atom. The molecule has 0 aromatic heterocycles. The lowest BCUT2D eigenvalue weighted by Crippen LogP contribution is -2.26. The van der Waals surface area contributed by atoms with E-state index in [1.54, 1.807) is 0 Å². The lowest BCUT2D eigenvalue weighted by Gasteiger charge is -2.21. The Labute approximate surface area is 181 Å². The average molecular weight is 434 g/mol. The number of nitrogens with one attached hydrogen (secondary N) is 2. The zero-order valence-electron chi connectivity index (χ0n) is 20.3. The number of amides is 2. The summed E-state index contributed by atoms with van der Waals surface area (Å²) in [6.45, 7) is 6.43. The summed E-state index contributed by atoms with van der Waals surface area (Å²) in [5, 5.41) is 5.85. The predicted octanol–water partition coefficient (Wildman–Crippen LogP) is 4.55. The zero-order chi connectivity index (χ0) is 23.2. The van der Waals surface area contributed by atoms with Gasteiger partial charge in [0.1, 0.15) is 0 Å². The Balaban J connectivity index is 4.24. The van der Waals surface area contributed by atoms with Gasteiger partial charge in [-0.05, 0) is 45.4 Å². The fraction of sp³-hybridized carbons (Fsp3) is 0.857. The van der Waals surface area contributed by atoms with Crippen LogP contribution in [0.25, 0.3) is 0 Å². The summed E-state index contributed by atoms with van der Waals surface area (Å²) < 4.78 is 25.8. The molecule has 0 aliphatic rings. The Morgan fingerprint density at radius 1 is 1.03 bits per heavy atom. The summed E-state index contributed by atoms with van der Waals surface area (Å²) in [6.07, 6.45) is 8.62. The highest BCUT2D eigenvalue weighted by atomic mass is 31.2. The maximum atomic E-state index is 11.8. The third-order valence-corrected chi connectivity index (χ3v) is 5.09. The van der Waals surface area contributed by atoms with Crippen LogP contribution >= 0.6 is 8.38 Å².